The Kier molecular flexibility index (Phi) is 4.56. The lowest BCUT2D eigenvalue weighted by Gasteiger charge is -2.21. The summed E-state index contributed by atoms with van der Waals surface area (Å²) in [4.78, 5) is 2.29. The predicted molar refractivity (Wildman–Crippen MR) is 71.2 cm³/mol. The van der Waals surface area contributed by atoms with E-state index in [0.717, 1.165) is 18.7 Å². The number of hydrogen-bond donors (Lipinski definition) is 2. The Bertz CT molecular complexity index is 343. The maximum atomic E-state index is 5.81. The largest absolute Gasteiger partial charge is 0.398 e. The Morgan fingerprint density at radius 2 is 2.07 bits per heavy atom. The van der Waals surface area contributed by atoms with E-state index in [4.69, 9.17) is 5.73 Å². The molecular weight excluding hydrogens is 204 g/mol. The van der Waals surface area contributed by atoms with Crippen LogP contribution in [0.25, 0.3) is 5.70 Å². The standard InChI is InChI=1S/C12H18N2S/c1-3-14(4-2)11-7-5-6-10(8-11)12(13)9-15/h5-9,15H,3-4,13H2,1-2H3/b12-9-. The first-order valence-electron chi connectivity index (χ1n) is 5.18. The van der Waals surface area contributed by atoms with Gasteiger partial charge in [-0.3, -0.25) is 0 Å². The summed E-state index contributed by atoms with van der Waals surface area (Å²) in [6, 6.07) is 8.21. The lowest BCUT2D eigenvalue weighted by atomic mass is 10.1. The highest BCUT2D eigenvalue weighted by Gasteiger charge is 2.03. The van der Waals surface area contributed by atoms with Crippen molar-refractivity contribution in [1.29, 1.82) is 0 Å². The van der Waals surface area contributed by atoms with Crippen LogP contribution in [0, 0.1) is 0 Å². The molecule has 0 aromatic heterocycles. The molecule has 0 amide bonds. The predicted octanol–water partition coefficient (Wildman–Crippen LogP) is 2.72. The summed E-state index contributed by atoms with van der Waals surface area (Å²) in [6.07, 6.45) is 0. The molecular formula is C12H18N2S. The molecule has 82 valence electrons. The lowest BCUT2D eigenvalue weighted by molar-refractivity contribution is 0.866. The fourth-order valence-electron chi connectivity index (χ4n) is 1.55. The summed E-state index contributed by atoms with van der Waals surface area (Å²) >= 11 is 4.06. The second kappa shape index (κ2) is 5.71. The van der Waals surface area contributed by atoms with Crippen LogP contribution in [0.2, 0.25) is 0 Å². The highest BCUT2D eigenvalue weighted by atomic mass is 32.1. The minimum Gasteiger partial charge on any atom is -0.398 e. The SMILES string of the molecule is CCN(CC)c1cccc(/C(N)=C/S)c1. The maximum Gasteiger partial charge on any atom is 0.0449 e. The molecule has 1 aromatic rings. The van der Waals surface area contributed by atoms with E-state index in [9.17, 15) is 0 Å². The number of thiol groups is 1. The number of hydrogen-bond acceptors (Lipinski definition) is 3. The molecule has 15 heavy (non-hydrogen) atoms. The van der Waals surface area contributed by atoms with Gasteiger partial charge in [-0.25, -0.2) is 0 Å². The summed E-state index contributed by atoms with van der Waals surface area (Å²) in [5.41, 5.74) is 8.74. The minimum absolute atomic E-state index is 0.701. The van der Waals surface area contributed by atoms with E-state index in [1.165, 1.54) is 5.69 Å². The molecule has 0 aliphatic heterocycles. The summed E-state index contributed by atoms with van der Waals surface area (Å²) in [5, 5.41) is 1.63. The van der Waals surface area contributed by atoms with Crippen molar-refractivity contribution in [2.24, 2.45) is 5.73 Å². The number of nitrogens with zero attached hydrogens (tertiary/aromatic N) is 1. The average Bonchev–Trinajstić information content (AvgIpc) is 2.30. The van der Waals surface area contributed by atoms with E-state index in [-0.39, 0.29) is 0 Å². The molecule has 0 heterocycles. The molecule has 0 spiro atoms. The molecule has 3 heteroatoms. The van der Waals surface area contributed by atoms with Crippen LogP contribution >= 0.6 is 12.6 Å². The van der Waals surface area contributed by atoms with E-state index >= 15 is 0 Å². The molecule has 1 aromatic carbocycles. The molecule has 2 nitrogen and oxygen atoms in total. The van der Waals surface area contributed by atoms with Gasteiger partial charge in [0.05, 0.1) is 0 Å². The maximum absolute atomic E-state index is 5.81. The first kappa shape index (κ1) is 12.0. The van der Waals surface area contributed by atoms with Gasteiger partial charge in [-0.1, -0.05) is 12.1 Å². The number of benzene rings is 1. The van der Waals surface area contributed by atoms with Crippen molar-refractivity contribution in [3.05, 3.63) is 35.2 Å². The zero-order valence-corrected chi connectivity index (χ0v) is 10.2. The number of anilines is 1. The van der Waals surface area contributed by atoms with E-state index in [1.807, 2.05) is 12.1 Å². The van der Waals surface area contributed by atoms with Gasteiger partial charge in [0, 0.05) is 24.5 Å². The Balaban J connectivity index is 3.01. The molecule has 0 fully saturated rings. The van der Waals surface area contributed by atoms with Gasteiger partial charge < -0.3 is 10.6 Å². The van der Waals surface area contributed by atoms with Gasteiger partial charge in [0.15, 0.2) is 0 Å². The van der Waals surface area contributed by atoms with Gasteiger partial charge in [-0.15, -0.1) is 12.6 Å². The Hall–Kier alpha value is -1.09. The first-order valence-corrected chi connectivity index (χ1v) is 5.69. The van der Waals surface area contributed by atoms with Crippen LogP contribution in [0.5, 0.6) is 0 Å². The highest BCUT2D eigenvalue weighted by Crippen LogP contribution is 2.19. The summed E-state index contributed by atoms with van der Waals surface area (Å²) in [7, 11) is 0. The van der Waals surface area contributed by atoms with Gasteiger partial charge in [-0.05, 0) is 37.0 Å². The van der Waals surface area contributed by atoms with Crippen LogP contribution < -0.4 is 10.6 Å². The third kappa shape index (κ3) is 2.93. The van der Waals surface area contributed by atoms with Crippen molar-refractivity contribution in [2.75, 3.05) is 18.0 Å². The summed E-state index contributed by atoms with van der Waals surface area (Å²) in [5.74, 6) is 0. The molecule has 0 radical (unpaired) electrons. The molecule has 0 unspecified atom stereocenters. The molecule has 0 saturated heterocycles. The zero-order valence-electron chi connectivity index (χ0n) is 9.27. The van der Waals surface area contributed by atoms with Gasteiger partial charge in [0.2, 0.25) is 0 Å². The van der Waals surface area contributed by atoms with Crippen LogP contribution in [-0.2, 0) is 0 Å². The second-order valence-corrected chi connectivity index (χ2v) is 3.57. The highest BCUT2D eigenvalue weighted by molar-refractivity contribution is 7.83. The van der Waals surface area contributed by atoms with Crippen LogP contribution in [0.1, 0.15) is 19.4 Å². The summed E-state index contributed by atoms with van der Waals surface area (Å²) in [6.45, 7) is 6.30. The molecule has 0 bridgehead atoms. The molecule has 0 atom stereocenters. The Morgan fingerprint density at radius 3 is 2.60 bits per heavy atom. The van der Waals surface area contributed by atoms with E-state index in [2.05, 4.69) is 43.5 Å². The van der Waals surface area contributed by atoms with E-state index in [1.54, 1.807) is 5.41 Å². The van der Waals surface area contributed by atoms with E-state index in [0.29, 0.717) is 5.70 Å². The van der Waals surface area contributed by atoms with Crippen LogP contribution in [0.3, 0.4) is 0 Å². The monoisotopic (exact) mass is 222 g/mol. The Labute approximate surface area is 97.2 Å². The van der Waals surface area contributed by atoms with Crippen molar-refractivity contribution in [3.63, 3.8) is 0 Å². The average molecular weight is 222 g/mol. The minimum atomic E-state index is 0.701. The second-order valence-electron chi connectivity index (χ2n) is 3.31. The summed E-state index contributed by atoms with van der Waals surface area (Å²) < 4.78 is 0. The quantitative estimate of drug-likeness (QED) is 0.767. The van der Waals surface area contributed by atoms with E-state index < -0.39 is 0 Å². The fraction of sp³-hybridized carbons (Fsp3) is 0.333. The van der Waals surface area contributed by atoms with Crippen LogP contribution in [-0.4, -0.2) is 13.1 Å². The van der Waals surface area contributed by atoms with Crippen molar-refractivity contribution in [3.8, 4) is 0 Å². The van der Waals surface area contributed by atoms with Crippen LogP contribution in [0.15, 0.2) is 29.7 Å². The molecule has 0 saturated carbocycles. The first-order chi connectivity index (χ1) is 7.22. The third-order valence-electron chi connectivity index (χ3n) is 2.45. The topological polar surface area (TPSA) is 29.3 Å². The van der Waals surface area contributed by atoms with Gasteiger partial charge >= 0.3 is 0 Å². The molecule has 1 rings (SSSR count). The molecule has 0 aliphatic rings. The van der Waals surface area contributed by atoms with Crippen LogP contribution in [0.4, 0.5) is 5.69 Å². The lowest BCUT2D eigenvalue weighted by Crippen LogP contribution is -2.21. The molecule has 2 N–H and O–H groups in total. The van der Waals surface area contributed by atoms with Gasteiger partial charge in [-0.2, -0.15) is 0 Å². The zero-order chi connectivity index (χ0) is 11.3. The van der Waals surface area contributed by atoms with Gasteiger partial charge in [0.25, 0.3) is 0 Å². The Morgan fingerprint density at radius 1 is 1.40 bits per heavy atom. The number of nitrogens with two attached hydrogens (primary N) is 1. The van der Waals surface area contributed by atoms with Gasteiger partial charge in [0.1, 0.15) is 0 Å². The van der Waals surface area contributed by atoms with Crippen molar-refractivity contribution >= 4 is 24.0 Å². The molecule has 0 aliphatic carbocycles. The number of rotatable bonds is 4. The van der Waals surface area contributed by atoms with Crippen molar-refractivity contribution in [2.45, 2.75) is 13.8 Å². The van der Waals surface area contributed by atoms with Crippen molar-refractivity contribution in [1.82, 2.24) is 0 Å². The normalized spacial score (nSPS) is 11.5. The van der Waals surface area contributed by atoms with Crippen molar-refractivity contribution < 1.29 is 0 Å². The third-order valence-corrected chi connectivity index (χ3v) is 2.73. The fourth-order valence-corrected chi connectivity index (χ4v) is 1.69. The smallest absolute Gasteiger partial charge is 0.0449 e.